The topological polar surface area (TPSA) is 69.8 Å². The molecule has 7 rings (SSSR count). The van der Waals surface area contributed by atoms with Crippen molar-refractivity contribution in [3.8, 4) is 0 Å². The van der Waals surface area contributed by atoms with Crippen LogP contribution in [0.4, 0.5) is 4.79 Å². The first kappa shape index (κ1) is 19.1. The Balaban J connectivity index is 1.09. The number of aromatic amines is 1. The maximum absolute atomic E-state index is 12.5. The van der Waals surface area contributed by atoms with Gasteiger partial charge in [0.05, 0.1) is 11.0 Å². The van der Waals surface area contributed by atoms with E-state index < -0.39 is 0 Å². The van der Waals surface area contributed by atoms with Crippen LogP contribution >= 0.6 is 0 Å². The molecule has 3 N–H and O–H groups in total. The van der Waals surface area contributed by atoms with Crippen LogP contribution in [-0.2, 0) is 6.42 Å². The van der Waals surface area contributed by atoms with Gasteiger partial charge >= 0.3 is 6.03 Å². The number of hydrogen-bond donors (Lipinski definition) is 3. The van der Waals surface area contributed by atoms with Crippen molar-refractivity contribution in [1.82, 2.24) is 20.6 Å². The van der Waals surface area contributed by atoms with Crippen molar-refractivity contribution in [2.45, 2.75) is 24.7 Å². The lowest BCUT2D eigenvalue weighted by molar-refractivity contribution is 0.236. The average molecular weight is 423 g/mol. The average Bonchev–Trinajstić information content (AvgIpc) is 3.26. The van der Waals surface area contributed by atoms with Crippen molar-refractivity contribution >= 4 is 17.1 Å². The maximum atomic E-state index is 12.5. The molecule has 0 saturated carbocycles. The minimum atomic E-state index is -0.107. The van der Waals surface area contributed by atoms with Crippen LogP contribution in [0, 0.1) is 5.92 Å². The van der Waals surface area contributed by atoms with Gasteiger partial charge in [0, 0.05) is 31.3 Å². The predicted octanol–water partition coefficient (Wildman–Crippen LogP) is 4.70. The van der Waals surface area contributed by atoms with Gasteiger partial charge in [-0.15, -0.1) is 0 Å². The highest BCUT2D eigenvalue weighted by Gasteiger charge is 2.42. The molecule has 1 unspecified atom stereocenters. The molecule has 1 heterocycles. The smallest absolute Gasteiger partial charge is 0.314 e. The molecule has 1 atom stereocenters. The minimum Gasteiger partial charge on any atom is -0.342 e. The van der Waals surface area contributed by atoms with Gasteiger partial charge in [-0.3, -0.25) is 0 Å². The highest BCUT2D eigenvalue weighted by Crippen LogP contribution is 2.55. The summed E-state index contributed by atoms with van der Waals surface area (Å²) in [5.74, 6) is 2.08. The Labute approximate surface area is 187 Å². The molecular weight excluding hydrogens is 396 g/mol. The van der Waals surface area contributed by atoms with Crippen LogP contribution in [0.25, 0.3) is 11.0 Å². The van der Waals surface area contributed by atoms with Gasteiger partial charge in [-0.25, -0.2) is 9.78 Å². The Morgan fingerprint density at radius 2 is 1.53 bits per heavy atom. The molecule has 1 aromatic heterocycles. The fraction of sp³-hybridized carbons (Fsp3) is 0.259. The Morgan fingerprint density at radius 3 is 2.25 bits per heavy atom. The third kappa shape index (κ3) is 3.25. The molecule has 0 fully saturated rings. The zero-order valence-electron chi connectivity index (χ0n) is 17.8. The van der Waals surface area contributed by atoms with Crippen molar-refractivity contribution in [1.29, 1.82) is 0 Å². The number of carbonyl (C=O) groups excluding carboxylic acids is 1. The molecule has 3 aliphatic rings. The quantitative estimate of drug-likeness (QED) is 0.436. The van der Waals surface area contributed by atoms with Gasteiger partial charge in [0.25, 0.3) is 0 Å². The number of carbonyl (C=O) groups is 1. The summed E-state index contributed by atoms with van der Waals surface area (Å²) in [7, 11) is 0. The van der Waals surface area contributed by atoms with Crippen LogP contribution in [0.1, 0.15) is 46.3 Å². The Kier molecular flexibility index (Phi) is 4.67. The molecule has 32 heavy (non-hydrogen) atoms. The van der Waals surface area contributed by atoms with Gasteiger partial charge < -0.3 is 15.6 Å². The Morgan fingerprint density at radius 1 is 0.875 bits per heavy atom. The lowest BCUT2D eigenvalue weighted by atomic mass is 9.59. The van der Waals surface area contributed by atoms with E-state index >= 15 is 0 Å². The standard InChI is InChI=1S/C27H26N4O/c32-27(28-14-13-25-30-23-11-5-6-12-24(23)31-25)29-16-17-15-22-18-7-1-3-9-20(18)26(17)21-10-4-2-8-19(21)22/h1-12,17,22,26H,13-16H2,(H,30,31)(H2,28,29,32). The van der Waals surface area contributed by atoms with Crippen molar-refractivity contribution in [2.75, 3.05) is 13.1 Å². The Bertz CT molecular complexity index is 1210. The predicted molar refractivity (Wildman–Crippen MR) is 126 cm³/mol. The van der Waals surface area contributed by atoms with Crippen LogP contribution in [0.2, 0.25) is 0 Å². The lowest BCUT2D eigenvalue weighted by Crippen LogP contribution is -2.43. The second-order valence-corrected chi connectivity index (χ2v) is 8.87. The maximum Gasteiger partial charge on any atom is 0.314 e. The molecule has 0 spiro atoms. The summed E-state index contributed by atoms with van der Waals surface area (Å²) >= 11 is 0. The molecule has 4 aromatic rings. The summed E-state index contributed by atoms with van der Waals surface area (Å²) in [4.78, 5) is 20.4. The first-order chi connectivity index (χ1) is 15.8. The fourth-order valence-corrected chi connectivity index (χ4v) is 5.66. The SMILES string of the molecule is O=C(NCCc1nc2ccccc2[nH]1)NCC1CC2c3ccccc3C1c1ccccc12. The molecule has 160 valence electrons. The molecule has 5 nitrogen and oxygen atoms in total. The number of fused-ring (bicyclic) bond motifs is 2. The summed E-state index contributed by atoms with van der Waals surface area (Å²) in [6, 6.07) is 25.5. The Hall–Kier alpha value is -3.60. The first-order valence-corrected chi connectivity index (χ1v) is 11.4. The molecule has 3 aromatic carbocycles. The molecule has 0 radical (unpaired) electrons. The normalized spacial score (nSPS) is 20.6. The van der Waals surface area contributed by atoms with E-state index in [1.807, 2.05) is 24.3 Å². The van der Waals surface area contributed by atoms with Crippen LogP contribution < -0.4 is 10.6 Å². The van der Waals surface area contributed by atoms with E-state index in [0.29, 0.717) is 37.3 Å². The summed E-state index contributed by atoms with van der Waals surface area (Å²) in [6.07, 6.45) is 1.76. The van der Waals surface area contributed by atoms with Gasteiger partial charge in [0.15, 0.2) is 0 Å². The van der Waals surface area contributed by atoms with E-state index in [4.69, 9.17) is 0 Å². The van der Waals surface area contributed by atoms with Crippen LogP contribution in [-0.4, -0.2) is 29.1 Å². The van der Waals surface area contributed by atoms with Crippen LogP contribution in [0.15, 0.2) is 72.8 Å². The van der Waals surface area contributed by atoms with E-state index in [-0.39, 0.29) is 6.03 Å². The van der Waals surface area contributed by atoms with E-state index in [0.717, 1.165) is 23.3 Å². The summed E-state index contributed by atoms with van der Waals surface area (Å²) in [6.45, 7) is 1.23. The summed E-state index contributed by atoms with van der Waals surface area (Å²) in [5, 5.41) is 6.12. The van der Waals surface area contributed by atoms with Crippen LogP contribution in [0.3, 0.4) is 0 Å². The molecule has 2 bridgehead atoms. The number of para-hydroxylation sites is 2. The van der Waals surface area contributed by atoms with Crippen molar-refractivity contribution in [3.63, 3.8) is 0 Å². The highest BCUT2D eigenvalue weighted by molar-refractivity contribution is 5.75. The van der Waals surface area contributed by atoms with Crippen molar-refractivity contribution < 1.29 is 4.79 Å². The number of rotatable bonds is 5. The zero-order chi connectivity index (χ0) is 21.5. The van der Waals surface area contributed by atoms with E-state index in [1.165, 1.54) is 22.3 Å². The monoisotopic (exact) mass is 422 g/mol. The van der Waals surface area contributed by atoms with Gasteiger partial charge in [-0.05, 0) is 46.7 Å². The number of imidazole rings is 1. The second kappa shape index (κ2) is 7.83. The number of nitrogens with one attached hydrogen (secondary N) is 3. The minimum absolute atomic E-state index is 0.107. The van der Waals surface area contributed by atoms with E-state index in [1.54, 1.807) is 0 Å². The second-order valence-electron chi connectivity index (χ2n) is 8.87. The number of H-pyrrole nitrogens is 1. The van der Waals surface area contributed by atoms with Crippen LogP contribution in [0.5, 0.6) is 0 Å². The largest absolute Gasteiger partial charge is 0.342 e. The third-order valence-corrected chi connectivity index (χ3v) is 7.03. The molecule has 3 aliphatic carbocycles. The molecule has 2 amide bonds. The van der Waals surface area contributed by atoms with Crippen molar-refractivity contribution in [3.05, 3.63) is 101 Å². The van der Waals surface area contributed by atoms with E-state index in [2.05, 4.69) is 69.1 Å². The zero-order valence-corrected chi connectivity index (χ0v) is 17.8. The van der Waals surface area contributed by atoms with E-state index in [9.17, 15) is 4.79 Å². The highest BCUT2D eigenvalue weighted by atomic mass is 16.2. The number of urea groups is 1. The summed E-state index contributed by atoms with van der Waals surface area (Å²) < 4.78 is 0. The van der Waals surface area contributed by atoms with Crippen molar-refractivity contribution in [2.24, 2.45) is 5.92 Å². The van der Waals surface area contributed by atoms with Gasteiger partial charge in [0.1, 0.15) is 5.82 Å². The van der Waals surface area contributed by atoms with Gasteiger partial charge in [-0.1, -0.05) is 60.7 Å². The lowest BCUT2D eigenvalue weighted by Gasteiger charge is -2.45. The molecular formula is C27H26N4O. The molecule has 0 saturated heterocycles. The van der Waals surface area contributed by atoms with Gasteiger partial charge in [0.2, 0.25) is 0 Å². The third-order valence-electron chi connectivity index (χ3n) is 7.03. The summed E-state index contributed by atoms with van der Waals surface area (Å²) in [5.41, 5.74) is 7.77. The number of amides is 2. The molecule has 5 heteroatoms. The number of benzene rings is 3. The number of aromatic nitrogens is 2. The fourth-order valence-electron chi connectivity index (χ4n) is 5.66. The van der Waals surface area contributed by atoms with Gasteiger partial charge in [-0.2, -0.15) is 0 Å². The number of hydrogen-bond acceptors (Lipinski definition) is 2. The molecule has 0 aliphatic heterocycles. The number of nitrogens with zero attached hydrogens (tertiary/aromatic N) is 1. The first-order valence-electron chi connectivity index (χ1n) is 11.4.